The average Bonchev–Trinajstić information content (AvgIpc) is 2.72. The molecular formula is C21H31F3N2O6. The highest BCUT2D eigenvalue weighted by Crippen LogP contribution is 2.33. The number of hydrogen-bond donors (Lipinski definition) is 5. The van der Waals surface area contributed by atoms with Gasteiger partial charge in [-0.05, 0) is 43.5 Å². The van der Waals surface area contributed by atoms with E-state index < -0.39 is 35.9 Å². The summed E-state index contributed by atoms with van der Waals surface area (Å²) in [4.78, 5) is 21.8. The van der Waals surface area contributed by atoms with Crippen LogP contribution in [0.4, 0.5) is 13.2 Å². The predicted molar refractivity (Wildman–Crippen MR) is 110 cm³/mol. The minimum atomic E-state index is -4.28. The molecule has 2 atom stereocenters. The Morgan fingerprint density at radius 2 is 1.56 bits per heavy atom. The first-order chi connectivity index (χ1) is 14.8. The van der Waals surface area contributed by atoms with E-state index >= 15 is 0 Å². The first-order valence-electron chi connectivity index (χ1n) is 10.3. The van der Waals surface area contributed by atoms with Crippen LogP contribution in [0.25, 0.3) is 0 Å². The first-order valence-corrected chi connectivity index (χ1v) is 10.3. The van der Waals surface area contributed by atoms with Gasteiger partial charge >= 0.3 is 18.1 Å². The lowest BCUT2D eigenvalue weighted by Gasteiger charge is -2.36. The predicted octanol–water partition coefficient (Wildman–Crippen LogP) is 1.79. The Hall–Kier alpha value is -2.21. The van der Waals surface area contributed by atoms with E-state index in [4.69, 9.17) is 20.4 Å². The fraction of sp³-hybridized carbons (Fsp3) is 0.619. The third-order valence-electron chi connectivity index (χ3n) is 4.93. The smallest absolute Gasteiger partial charge is 0.416 e. The van der Waals surface area contributed by atoms with Crippen molar-refractivity contribution in [3.63, 3.8) is 0 Å². The summed E-state index contributed by atoms with van der Waals surface area (Å²) in [6.45, 7) is 7.32. The highest BCUT2D eigenvalue weighted by Gasteiger charge is 2.34. The first kappa shape index (κ1) is 27.8. The third-order valence-corrected chi connectivity index (χ3v) is 4.93. The summed E-state index contributed by atoms with van der Waals surface area (Å²) in [5.74, 6) is -3.10. The van der Waals surface area contributed by atoms with Gasteiger partial charge in [-0.15, -0.1) is 0 Å². The SMILES string of the molecule is CC(C)CN(Cc1ccccc1C(F)(F)F)C1CCNCC1.O=C(O)[C@H](O)[C@@H](O)C(=O)O. The minimum absolute atomic E-state index is 0.366. The van der Waals surface area contributed by atoms with Crippen molar-refractivity contribution in [1.29, 1.82) is 0 Å². The van der Waals surface area contributed by atoms with Gasteiger partial charge in [-0.3, -0.25) is 4.90 Å². The van der Waals surface area contributed by atoms with Gasteiger partial charge in [0.15, 0.2) is 12.2 Å². The summed E-state index contributed by atoms with van der Waals surface area (Å²) in [6, 6.07) is 6.32. The average molecular weight is 464 g/mol. The van der Waals surface area contributed by atoms with E-state index in [0.717, 1.165) is 32.5 Å². The lowest BCUT2D eigenvalue weighted by molar-refractivity contribution is -0.165. The number of carboxylic acids is 2. The van der Waals surface area contributed by atoms with Crippen molar-refractivity contribution < 1.29 is 43.2 Å². The number of aliphatic hydroxyl groups excluding tert-OH is 2. The number of carbonyl (C=O) groups is 2. The quantitative estimate of drug-likeness (QED) is 0.394. The zero-order valence-corrected chi connectivity index (χ0v) is 18.0. The summed E-state index contributed by atoms with van der Waals surface area (Å²) in [7, 11) is 0. The zero-order chi connectivity index (χ0) is 24.5. The Kier molecular flexibility index (Phi) is 11.1. The summed E-state index contributed by atoms with van der Waals surface area (Å²) < 4.78 is 39.5. The molecule has 0 radical (unpaired) electrons. The highest BCUT2D eigenvalue weighted by atomic mass is 19.4. The van der Waals surface area contributed by atoms with Gasteiger partial charge in [-0.1, -0.05) is 32.0 Å². The molecule has 1 saturated heterocycles. The Bertz CT molecular complexity index is 720. The van der Waals surface area contributed by atoms with E-state index in [9.17, 15) is 22.8 Å². The molecule has 0 aromatic heterocycles. The maximum atomic E-state index is 13.2. The Morgan fingerprint density at radius 3 is 2.00 bits per heavy atom. The molecule has 1 fully saturated rings. The van der Waals surface area contributed by atoms with Crippen LogP contribution in [0.3, 0.4) is 0 Å². The second-order valence-electron chi connectivity index (χ2n) is 8.03. The molecule has 2 rings (SSSR count). The number of benzene rings is 1. The molecule has 11 heteroatoms. The number of hydrogen-bond acceptors (Lipinski definition) is 6. The van der Waals surface area contributed by atoms with Gasteiger partial charge in [0.2, 0.25) is 0 Å². The molecule has 1 aromatic carbocycles. The standard InChI is InChI=1S/C17H25F3N2.C4H6O6/c1-13(2)11-22(15-7-9-21-10-8-15)12-14-5-3-4-6-16(14)17(18,19)20;5-1(3(7)8)2(6)4(9)10/h3-6,13,15,21H,7-12H2,1-2H3;1-2,5-6H,(H,7,8)(H,9,10)/t;1-,2-/m.1/s1. The van der Waals surface area contributed by atoms with Crippen molar-refractivity contribution in [2.45, 2.75) is 57.7 Å². The van der Waals surface area contributed by atoms with E-state index in [1.165, 1.54) is 12.1 Å². The zero-order valence-electron chi connectivity index (χ0n) is 18.0. The molecule has 5 N–H and O–H groups in total. The molecule has 1 heterocycles. The van der Waals surface area contributed by atoms with E-state index in [2.05, 4.69) is 24.1 Å². The number of piperidine rings is 1. The number of nitrogens with one attached hydrogen (secondary N) is 1. The monoisotopic (exact) mass is 464 g/mol. The number of nitrogens with zero attached hydrogens (tertiary/aromatic N) is 1. The van der Waals surface area contributed by atoms with Crippen molar-refractivity contribution in [3.05, 3.63) is 35.4 Å². The number of aliphatic hydroxyl groups is 2. The molecule has 0 amide bonds. The highest BCUT2D eigenvalue weighted by molar-refractivity contribution is 5.83. The summed E-state index contributed by atoms with van der Waals surface area (Å²) in [6.07, 6.45) is -6.81. The number of aliphatic carboxylic acids is 2. The van der Waals surface area contributed by atoms with Crippen LogP contribution in [0.1, 0.15) is 37.8 Å². The molecule has 8 nitrogen and oxygen atoms in total. The van der Waals surface area contributed by atoms with Crippen LogP contribution < -0.4 is 5.32 Å². The summed E-state index contributed by atoms with van der Waals surface area (Å²) in [5, 5.41) is 35.8. The Balaban J connectivity index is 0.000000433. The Labute approximate surface area is 184 Å². The van der Waals surface area contributed by atoms with Gasteiger partial charge in [-0.2, -0.15) is 13.2 Å². The van der Waals surface area contributed by atoms with Gasteiger partial charge in [-0.25, -0.2) is 9.59 Å². The van der Waals surface area contributed by atoms with E-state index in [1.807, 2.05) is 0 Å². The van der Waals surface area contributed by atoms with Crippen LogP contribution in [0.15, 0.2) is 24.3 Å². The molecule has 182 valence electrons. The molecule has 0 unspecified atom stereocenters. The third kappa shape index (κ3) is 9.11. The molecule has 1 aromatic rings. The van der Waals surface area contributed by atoms with Gasteiger partial charge in [0.05, 0.1) is 5.56 Å². The maximum absolute atomic E-state index is 13.2. The van der Waals surface area contributed by atoms with E-state index in [1.54, 1.807) is 12.1 Å². The van der Waals surface area contributed by atoms with Crippen molar-refractivity contribution in [3.8, 4) is 0 Å². The number of rotatable bonds is 8. The fourth-order valence-electron chi connectivity index (χ4n) is 3.41. The van der Waals surface area contributed by atoms with Crippen LogP contribution in [0.2, 0.25) is 0 Å². The summed E-state index contributed by atoms with van der Waals surface area (Å²) >= 11 is 0. The van der Waals surface area contributed by atoms with E-state index in [0.29, 0.717) is 24.1 Å². The van der Waals surface area contributed by atoms with Gasteiger partial charge in [0.1, 0.15) is 0 Å². The second kappa shape index (κ2) is 12.7. The van der Waals surface area contributed by atoms with Gasteiger partial charge in [0.25, 0.3) is 0 Å². The van der Waals surface area contributed by atoms with Crippen LogP contribution >= 0.6 is 0 Å². The van der Waals surface area contributed by atoms with Crippen LogP contribution in [0, 0.1) is 5.92 Å². The van der Waals surface area contributed by atoms with Crippen LogP contribution in [0.5, 0.6) is 0 Å². The topological polar surface area (TPSA) is 130 Å². The second-order valence-corrected chi connectivity index (χ2v) is 8.03. The normalized spacial score (nSPS) is 16.9. The minimum Gasteiger partial charge on any atom is -0.479 e. The molecule has 1 aliphatic rings. The molecule has 0 aliphatic carbocycles. The van der Waals surface area contributed by atoms with Crippen molar-refractivity contribution >= 4 is 11.9 Å². The van der Waals surface area contributed by atoms with Gasteiger partial charge in [0, 0.05) is 19.1 Å². The van der Waals surface area contributed by atoms with Crippen molar-refractivity contribution in [2.24, 2.45) is 5.92 Å². The van der Waals surface area contributed by atoms with Crippen molar-refractivity contribution in [1.82, 2.24) is 10.2 Å². The fourth-order valence-corrected chi connectivity index (χ4v) is 3.41. The van der Waals surface area contributed by atoms with Crippen molar-refractivity contribution in [2.75, 3.05) is 19.6 Å². The largest absolute Gasteiger partial charge is 0.479 e. The van der Waals surface area contributed by atoms with Gasteiger partial charge < -0.3 is 25.7 Å². The Morgan fingerprint density at radius 1 is 1.06 bits per heavy atom. The number of halogens is 3. The molecule has 1 aliphatic heterocycles. The molecule has 0 bridgehead atoms. The van der Waals surface area contributed by atoms with Crippen LogP contribution in [-0.4, -0.2) is 75.1 Å². The van der Waals surface area contributed by atoms with Crippen LogP contribution in [-0.2, 0) is 22.3 Å². The van der Waals surface area contributed by atoms with E-state index in [-0.39, 0.29) is 0 Å². The molecular weight excluding hydrogens is 433 g/mol. The lowest BCUT2D eigenvalue weighted by Crippen LogP contribution is -2.44. The molecule has 0 spiro atoms. The number of carboxylic acid groups (broad SMARTS) is 2. The maximum Gasteiger partial charge on any atom is 0.416 e. The molecule has 32 heavy (non-hydrogen) atoms. The lowest BCUT2D eigenvalue weighted by atomic mass is 10.00. The molecule has 0 saturated carbocycles. The number of alkyl halides is 3. The summed E-state index contributed by atoms with van der Waals surface area (Å²) in [5.41, 5.74) is -0.119.